The van der Waals surface area contributed by atoms with Crippen LogP contribution in [0.25, 0.3) is 11.5 Å². The van der Waals surface area contributed by atoms with Gasteiger partial charge in [-0.2, -0.15) is 0 Å². The summed E-state index contributed by atoms with van der Waals surface area (Å²) in [5.41, 5.74) is 1.01. The lowest BCUT2D eigenvalue weighted by atomic mass is 10.1. The average molecular weight is 384 g/mol. The van der Waals surface area contributed by atoms with Crippen molar-refractivity contribution < 1.29 is 18.0 Å². The average Bonchev–Trinajstić information content (AvgIpc) is 3.19. The zero-order valence-electron chi connectivity index (χ0n) is 15.0. The van der Waals surface area contributed by atoms with Gasteiger partial charge in [-0.15, -0.1) is 10.2 Å². The molecule has 3 aromatic rings. The fourth-order valence-electron chi connectivity index (χ4n) is 3.13. The number of carbonyl (C=O) groups excluding carboxylic acids is 1. The summed E-state index contributed by atoms with van der Waals surface area (Å²) >= 11 is 0. The Bertz CT molecular complexity index is 969. The van der Waals surface area contributed by atoms with Gasteiger partial charge in [-0.25, -0.2) is 8.78 Å². The molecular weight excluding hydrogens is 366 g/mol. The molecule has 2 aromatic carbocycles. The van der Waals surface area contributed by atoms with Crippen molar-refractivity contribution in [1.29, 1.82) is 0 Å². The molecule has 8 heteroatoms. The van der Waals surface area contributed by atoms with Gasteiger partial charge in [-0.05, 0) is 30.3 Å². The third-order valence-electron chi connectivity index (χ3n) is 4.67. The number of nitrogens with zero attached hydrogens (tertiary/aromatic N) is 4. The maximum atomic E-state index is 13.4. The molecule has 0 aliphatic carbocycles. The first-order chi connectivity index (χ1) is 13.6. The van der Waals surface area contributed by atoms with Crippen molar-refractivity contribution in [3.8, 4) is 11.5 Å². The summed E-state index contributed by atoms with van der Waals surface area (Å²) in [6.45, 7) is 2.71. The summed E-state index contributed by atoms with van der Waals surface area (Å²) in [5.74, 6) is -1.30. The van der Waals surface area contributed by atoms with Crippen LogP contribution in [-0.2, 0) is 6.54 Å². The molecule has 0 spiro atoms. The van der Waals surface area contributed by atoms with E-state index in [4.69, 9.17) is 4.42 Å². The summed E-state index contributed by atoms with van der Waals surface area (Å²) in [7, 11) is 0. The van der Waals surface area contributed by atoms with E-state index in [2.05, 4.69) is 15.1 Å². The molecule has 0 atom stereocenters. The standard InChI is InChI=1S/C20H18F2N4O2/c21-16-7-6-15(12-17(16)22)20(27)26-10-8-25(9-11-26)13-18-23-24-19(28-18)14-4-2-1-3-5-14/h1-7,12H,8-11,13H2. The fourth-order valence-corrected chi connectivity index (χ4v) is 3.13. The molecule has 4 rings (SSSR count). The van der Waals surface area contributed by atoms with E-state index in [1.807, 2.05) is 30.3 Å². The lowest BCUT2D eigenvalue weighted by Gasteiger charge is -2.34. The molecule has 0 N–H and O–H groups in total. The van der Waals surface area contributed by atoms with Crippen LogP contribution in [0.5, 0.6) is 0 Å². The molecule has 6 nitrogen and oxygen atoms in total. The van der Waals surface area contributed by atoms with Crippen molar-refractivity contribution in [2.45, 2.75) is 6.54 Å². The second-order valence-corrected chi connectivity index (χ2v) is 6.56. The van der Waals surface area contributed by atoms with Gasteiger partial charge in [0, 0.05) is 37.3 Å². The van der Waals surface area contributed by atoms with Crippen LogP contribution >= 0.6 is 0 Å². The van der Waals surface area contributed by atoms with Crippen molar-refractivity contribution in [2.75, 3.05) is 26.2 Å². The predicted molar refractivity (Wildman–Crippen MR) is 97.3 cm³/mol. The molecule has 0 unspecified atom stereocenters. The largest absolute Gasteiger partial charge is 0.419 e. The first-order valence-corrected chi connectivity index (χ1v) is 8.94. The Kier molecular flexibility index (Phi) is 5.12. The Labute approximate surface area is 160 Å². The highest BCUT2D eigenvalue weighted by atomic mass is 19.2. The number of rotatable bonds is 4. The van der Waals surface area contributed by atoms with Gasteiger partial charge in [0.1, 0.15) is 0 Å². The van der Waals surface area contributed by atoms with E-state index in [0.717, 1.165) is 17.7 Å². The predicted octanol–water partition coefficient (Wildman–Crippen LogP) is 2.97. The molecule has 0 radical (unpaired) electrons. The Morgan fingerprint density at radius 1 is 0.964 bits per heavy atom. The second kappa shape index (κ2) is 7.85. The minimum Gasteiger partial charge on any atom is -0.419 e. The number of benzene rings is 2. The van der Waals surface area contributed by atoms with Gasteiger partial charge in [-0.3, -0.25) is 9.69 Å². The van der Waals surface area contributed by atoms with E-state index in [-0.39, 0.29) is 11.5 Å². The lowest BCUT2D eigenvalue weighted by molar-refractivity contribution is 0.0617. The molecule has 1 fully saturated rings. The van der Waals surface area contributed by atoms with E-state index in [1.54, 1.807) is 4.90 Å². The molecule has 1 aliphatic heterocycles. The van der Waals surface area contributed by atoms with Crippen molar-refractivity contribution >= 4 is 5.91 Å². The molecule has 144 valence electrons. The van der Waals surface area contributed by atoms with Gasteiger partial charge in [0.15, 0.2) is 11.6 Å². The molecule has 1 saturated heterocycles. The van der Waals surface area contributed by atoms with Gasteiger partial charge in [-0.1, -0.05) is 18.2 Å². The Morgan fingerprint density at radius 2 is 1.71 bits per heavy atom. The van der Waals surface area contributed by atoms with Crippen molar-refractivity contribution in [3.05, 3.63) is 71.6 Å². The van der Waals surface area contributed by atoms with Gasteiger partial charge < -0.3 is 9.32 Å². The van der Waals surface area contributed by atoms with Crippen LogP contribution < -0.4 is 0 Å². The van der Waals surface area contributed by atoms with Crippen molar-refractivity contribution in [2.24, 2.45) is 0 Å². The van der Waals surface area contributed by atoms with Crippen LogP contribution in [0.2, 0.25) is 0 Å². The van der Waals surface area contributed by atoms with Crippen LogP contribution in [0, 0.1) is 11.6 Å². The van der Waals surface area contributed by atoms with Crippen LogP contribution in [-0.4, -0.2) is 52.1 Å². The van der Waals surface area contributed by atoms with Gasteiger partial charge in [0.05, 0.1) is 6.54 Å². The number of hydrogen-bond acceptors (Lipinski definition) is 5. The number of aromatic nitrogens is 2. The summed E-state index contributed by atoms with van der Waals surface area (Å²) in [6.07, 6.45) is 0. The molecule has 28 heavy (non-hydrogen) atoms. The highest BCUT2D eigenvalue weighted by molar-refractivity contribution is 5.94. The molecule has 1 aromatic heterocycles. The van der Waals surface area contributed by atoms with Gasteiger partial charge in [0.25, 0.3) is 5.91 Å². The highest BCUT2D eigenvalue weighted by Gasteiger charge is 2.24. The van der Waals surface area contributed by atoms with Crippen LogP contribution in [0.3, 0.4) is 0 Å². The first kappa shape index (κ1) is 18.2. The zero-order valence-corrected chi connectivity index (χ0v) is 15.0. The Balaban J connectivity index is 1.34. The third-order valence-corrected chi connectivity index (χ3v) is 4.67. The topological polar surface area (TPSA) is 62.5 Å². The number of halogens is 2. The number of amides is 1. The Morgan fingerprint density at radius 3 is 2.43 bits per heavy atom. The van der Waals surface area contributed by atoms with E-state index in [1.165, 1.54) is 6.07 Å². The maximum absolute atomic E-state index is 13.4. The molecular formula is C20H18F2N4O2. The van der Waals surface area contributed by atoms with Crippen LogP contribution in [0.15, 0.2) is 52.9 Å². The molecule has 1 aliphatic rings. The van der Waals surface area contributed by atoms with Crippen LogP contribution in [0.1, 0.15) is 16.2 Å². The van der Waals surface area contributed by atoms with Crippen molar-refractivity contribution in [1.82, 2.24) is 20.0 Å². The molecule has 1 amide bonds. The zero-order chi connectivity index (χ0) is 19.5. The summed E-state index contributed by atoms with van der Waals surface area (Å²) < 4.78 is 32.1. The van der Waals surface area contributed by atoms with Crippen LogP contribution in [0.4, 0.5) is 8.78 Å². The monoisotopic (exact) mass is 384 g/mol. The molecule has 0 saturated carbocycles. The van der Waals surface area contributed by atoms with E-state index >= 15 is 0 Å². The SMILES string of the molecule is O=C(c1ccc(F)c(F)c1)N1CCN(Cc2nnc(-c3ccccc3)o2)CC1. The van der Waals surface area contributed by atoms with Gasteiger partial charge in [0.2, 0.25) is 11.8 Å². The minimum atomic E-state index is -1.02. The normalized spacial score (nSPS) is 15.0. The summed E-state index contributed by atoms with van der Waals surface area (Å²) in [4.78, 5) is 16.2. The van der Waals surface area contributed by atoms with E-state index < -0.39 is 11.6 Å². The maximum Gasteiger partial charge on any atom is 0.254 e. The van der Waals surface area contributed by atoms with Gasteiger partial charge >= 0.3 is 0 Å². The summed E-state index contributed by atoms with van der Waals surface area (Å²) in [5, 5.41) is 8.17. The fraction of sp³-hybridized carbons (Fsp3) is 0.250. The lowest BCUT2D eigenvalue weighted by Crippen LogP contribution is -2.48. The summed E-state index contributed by atoms with van der Waals surface area (Å²) in [6, 6.07) is 12.7. The second-order valence-electron chi connectivity index (χ2n) is 6.56. The number of piperazine rings is 1. The Hall–Kier alpha value is -3.13. The highest BCUT2D eigenvalue weighted by Crippen LogP contribution is 2.18. The molecule has 0 bridgehead atoms. The first-order valence-electron chi connectivity index (χ1n) is 8.94. The number of hydrogen-bond donors (Lipinski definition) is 0. The molecule has 2 heterocycles. The number of carbonyl (C=O) groups is 1. The van der Waals surface area contributed by atoms with Crippen molar-refractivity contribution in [3.63, 3.8) is 0 Å². The third kappa shape index (κ3) is 3.91. The quantitative estimate of drug-likeness (QED) is 0.692. The van der Waals surface area contributed by atoms with E-state index in [0.29, 0.717) is 44.5 Å². The smallest absolute Gasteiger partial charge is 0.254 e. The minimum absolute atomic E-state index is 0.150. The van der Waals surface area contributed by atoms with E-state index in [9.17, 15) is 13.6 Å².